The number of hydrogen-bond donors (Lipinski definition) is 0. The molecule has 4 heteroatoms. The molecule has 1 aromatic carbocycles. The summed E-state index contributed by atoms with van der Waals surface area (Å²) in [5.74, 6) is 1.30. The van der Waals surface area contributed by atoms with E-state index in [1.807, 2.05) is 0 Å². The fraction of sp³-hybridized carbons (Fsp3) is 0.720. The number of carbonyl (C=O) groups excluding carboxylic acids is 1. The minimum atomic E-state index is -0.0411. The normalized spacial score (nSPS) is 26.0. The SMILES string of the molecule is COC(=O)CC1CN(Cc2ccccc2)CC12CCN(CC1CCCCC1)CC2. The van der Waals surface area contributed by atoms with Crippen LogP contribution in [-0.2, 0) is 16.1 Å². The van der Waals surface area contributed by atoms with Gasteiger partial charge in [-0.3, -0.25) is 9.69 Å². The average molecular weight is 399 g/mol. The number of likely N-dealkylation sites (tertiary alicyclic amines) is 2. The first-order valence-electron chi connectivity index (χ1n) is 11.7. The number of carbonyl (C=O) groups is 1. The Kier molecular flexibility index (Phi) is 6.92. The summed E-state index contributed by atoms with van der Waals surface area (Å²) >= 11 is 0. The second-order valence-electron chi connectivity index (χ2n) is 9.80. The molecule has 160 valence electrons. The summed E-state index contributed by atoms with van der Waals surface area (Å²) in [6.07, 6.45) is 10.2. The predicted octanol–water partition coefficient (Wildman–Crippen LogP) is 4.34. The van der Waals surface area contributed by atoms with Crippen molar-refractivity contribution in [2.24, 2.45) is 17.3 Å². The zero-order valence-corrected chi connectivity index (χ0v) is 18.2. The van der Waals surface area contributed by atoms with Crippen LogP contribution in [0.2, 0.25) is 0 Å². The maximum Gasteiger partial charge on any atom is 0.305 e. The van der Waals surface area contributed by atoms with E-state index in [2.05, 4.69) is 40.1 Å². The summed E-state index contributed by atoms with van der Waals surface area (Å²) in [6.45, 7) is 6.84. The molecule has 0 bridgehead atoms. The van der Waals surface area contributed by atoms with Crippen molar-refractivity contribution in [2.75, 3.05) is 39.8 Å². The first-order chi connectivity index (χ1) is 14.2. The summed E-state index contributed by atoms with van der Waals surface area (Å²) in [7, 11) is 1.53. The first-order valence-corrected chi connectivity index (χ1v) is 11.7. The lowest BCUT2D eigenvalue weighted by Crippen LogP contribution is -2.46. The van der Waals surface area contributed by atoms with Gasteiger partial charge >= 0.3 is 5.97 Å². The van der Waals surface area contributed by atoms with Gasteiger partial charge in [-0.15, -0.1) is 0 Å². The largest absolute Gasteiger partial charge is 0.469 e. The number of rotatable bonds is 6. The highest BCUT2D eigenvalue weighted by Crippen LogP contribution is 2.47. The molecule has 2 saturated heterocycles. The van der Waals surface area contributed by atoms with Gasteiger partial charge in [0.05, 0.1) is 13.5 Å². The maximum atomic E-state index is 12.1. The van der Waals surface area contributed by atoms with Gasteiger partial charge in [0, 0.05) is 26.2 Å². The van der Waals surface area contributed by atoms with E-state index in [-0.39, 0.29) is 11.4 Å². The van der Waals surface area contributed by atoms with Crippen molar-refractivity contribution >= 4 is 5.97 Å². The van der Waals surface area contributed by atoms with Gasteiger partial charge in [0.1, 0.15) is 0 Å². The lowest BCUT2D eigenvalue weighted by molar-refractivity contribution is -0.142. The molecule has 0 N–H and O–H groups in total. The number of ether oxygens (including phenoxy) is 1. The van der Waals surface area contributed by atoms with E-state index >= 15 is 0 Å². The first kappa shape index (κ1) is 20.9. The molecule has 1 unspecified atom stereocenters. The molecule has 0 amide bonds. The van der Waals surface area contributed by atoms with Gasteiger partial charge in [0.2, 0.25) is 0 Å². The third kappa shape index (κ3) is 5.21. The lowest BCUT2D eigenvalue weighted by atomic mass is 9.69. The lowest BCUT2D eigenvalue weighted by Gasteiger charge is -2.43. The number of piperidine rings is 1. The molecule has 3 aliphatic rings. The van der Waals surface area contributed by atoms with E-state index in [0.29, 0.717) is 12.3 Å². The summed E-state index contributed by atoms with van der Waals surface area (Å²) in [5, 5.41) is 0. The summed E-state index contributed by atoms with van der Waals surface area (Å²) in [4.78, 5) is 17.4. The van der Waals surface area contributed by atoms with Gasteiger partial charge in [-0.05, 0) is 61.6 Å². The molecule has 1 saturated carbocycles. The standard InChI is InChI=1S/C25H38N2O2/c1-29-24(28)16-23-19-27(18-22-10-6-3-7-11-22)20-25(23)12-14-26(15-13-25)17-21-8-4-2-5-9-21/h3,6-7,10-11,21,23H,2,4-5,8-9,12-20H2,1H3. The molecule has 29 heavy (non-hydrogen) atoms. The van der Waals surface area contributed by atoms with E-state index < -0.39 is 0 Å². The number of esters is 1. The minimum Gasteiger partial charge on any atom is -0.469 e. The van der Waals surface area contributed by atoms with Gasteiger partial charge in [-0.25, -0.2) is 0 Å². The van der Waals surface area contributed by atoms with Crippen molar-refractivity contribution in [1.82, 2.24) is 9.80 Å². The second kappa shape index (κ2) is 9.61. The van der Waals surface area contributed by atoms with Crippen LogP contribution in [-0.4, -0.2) is 55.6 Å². The molecule has 2 aliphatic heterocycles. The molecule has 0 radical (unpaired) electrons. The van der Waals surface area contributed by atoms with E-state index in [1.165, 1.54) is 77.3 Å². The number of benzene rings is 1. The molecule has 3 fully saturated rings. The van der Waals surface area contributed by atoms with Crippen molar-refractivity contribution in [3.8, 4) is 0 Å². The molecule has 1 aliphatic carbocycles. The van der Waals surface area contributed by atoms with Crippen molar-refractivity contribution in [2.45, 2.75) is 57.9 Å². The summed E-state index contributed by atoms with van der Waals surface area (Å²) < 4.78 is 5.05. The Morgan fingerprint density at radius 3 is 2.48 bits per heavy atom. The monoisotopic (exact) mass is 398 g/mol. The Balaban J connectivity index is 1.38. The van der Waals surface area contributed by atoms with Crippen LogP contribution < -0.4 is 0 Å². The van der Waals surface area contributed by atoms with E-state index in [1.54, 1.807) is 0 Å². The second-order valence-corrected chi connectivity index (χ2v) is 9.80. The Morgan fingerprint density at radius 2 is 1.79 bits per heavy atom. The highest BCUT2D eigenvalue weighted by Gasteiger charge is 2.48. The van der Waals surface area contributed by atoms with Crippen LogP contribution in [0, 0.1) is 17.3 Å². The van der Waals surface area contributed by atoms with Crippen molar-refractivity contribution in [3.63, 3.8) is 0 Å². The van der Waals surface area contributed by atoms with Gasteiger partial charge < -0.3 is 9.64 Å². The predicted molar refractivity (Wildman–Crippen MR) is 117 cm³/mol. The fourth-order valence-electron chi connectivity index (χ4n) is 6.15. The maximum absolute atomic E-state index is 12.1. The Hall–Kier alpha value is -1.39. The number of methoxy groups -OCH3 is 1. The molecular weight excluding hydrogens is 360 g/mol. The van der Waals surface area contributed by atoms with Crippen LogP contribution in [0.4, 0.5) is 0 Å². The van der Waals surface area contributed by atoms with Crippen LogP contribution in [0.3, 0.4) is 0 Å². The third-order valence-corrected chi connectivity index (χ3v) is 7.87. The molecule has 4 rings (SSSR count). The van der Waals surface area contributed by atoms with Crippen molar-refractivity contribution < 1.29 is 9.53 Å². The Labute approximate surface area is 176 Å². The molecule has 1 spiro atoms. The van der Waals surface area contributed by atoms with Crippen molar-refractivity contribution in [1.29, 1.82) is 0 Å². The van der Waals surface area contributed by atoms with Crippen LogP contribution >= 0.6 is 0 Å². The zero-order chi connectivity index (χ0) is 20.1. The molecule has 1 atom stereocenters. The number of hydrogen-bond acceptors (Lipinski definition) is 4. The average Bonchev–Trinajstić information content (AvgIpc) is 3.07. The summed E-state index contributed by atoms with van der Waals surface area (Å²) in [5.41, 5.74) is 1.66. The molecule has 2 heterocycles. The van der Waals surface area contributed by atoms with Crippen LogP contribution in [0.25, 0.3) is 0 Å². The molecule has 0 aromatic heterocycles. The Morgan fingerprint density at radius 1 is 1.07 bits per heavy atom. The van der Waals surface area contributed by atoms with E-state index in [9.17, 15) is 4.79 Å². The van der Waals surface area contributed by atoms with E-state index in [0.717, 1.165) is 25.6 Å². The minimum absolute atomic E-state index is 0.0411. The Bertz CT molecular complexity index is 648. The molecule has 1 aromatic rings. The van der Waals surface area contributed by atoms with E-state index in [4.69, 9.17) is 4.74 Å². The van der Waals surface area contributed by atoms with Gasteiger partial charge in [0.25, 0.3) is 0 Å². The zero-order valence-electron chi connectivity index (χ0n) is 18.2. The third-order valence-electron chi connectivity index (χ3n) is 7.87. The van der Waals surface area contributed by atoms with Gasteiger partial charge in [-0.1, -0.05) is 49.6 Å². The van der Waals surface area contributed by atoms with Crippen LogP contribution in [0.5, 0.6) is 0 Å². The van der Waals surface area contributed by atoms with Gasteiger partial charge in [0.15, 0.2) is 0 Å². The highest BCUT2D eigenvalue weighted by atomic mass is 16.5. The van der Waals surface area contributed by atoms with Gasteiger partial charge in [-0.2, -0.15) is 0 Å². The topological polar surface area (TPSA) is 32.8 Å². The van der Waals surface area contributed by atoms with Crippen LogP contribution in [0.15, 0.2) is 30.3 Å². The smallest absolute Gasteiger partial charge is 0.305 e. The molecular formula is C25H38N2O2. The number of nitrogens with zero attached hydrogens (tertiary/aromatic N) is 2. The fourth-order valence-corrected chi connectivity index (χ4v) is 6.15. The summed E-state index contributed by atoms with van der Waals surface area (Å²) in [6, 6.07) is 10.8. The van der Waals surface area contributed by atoms with Crippen LogP contribution in [0.1, 0.15) is 56.9 Å². The quantitative estimate of drug-likeness (QED) is 0.667. The highest BCUT2D eigenvalue weighted by molar-refractivity contribution is 5.69. The molecule has 4 nitrogen and oxygen atoms in total. The van der Waals surface area contributed by atoms with Crippen molar-refractivity contribution in [3.05, 3.63) is 35.9 Å².